The van der Waals surface area contributed by atoms with Crippen molar-refractivity contribution in [1.82, 2.24) is 0 Å². The van der Waals surface area contributed by atoms with Gasteiger partial charge in [-0.15, -0.1) is 0 Å². The van der Waals surface area contributed by atoms with Crippen molar-refractivity contribution in [2.75, 3.05) is 14.1 Å². The Hall–Kier alpha value is -2.12. The maximum Gasteiger partial charge on any atom is 0.318 e. The van der Waals surface area contributed by atoms with Crippen molar-refractivity contribution in [3.8, 4) is 5.75 Å². The molecule has 2 aliphatic rings. The predicted molar refractivity (Wildman–Crippen MR) is 201 cm³/mol. The molecule has 280 valence electrons. The minimum absolute atomic E-state index is 0.182. The number of phenolic OH excluding ortho intramolecular Hbond substituents is 1. The summed E-state index contributed by atoms with van der Waals surface area (Å²) in [6, 6.07) is 4.24. The highest BCUT2D eigenvalue weighted by Crippen LogP contribution is 2.58. The predicted octanol–water partition coefficient (Wildman–Crippen LogP) is 9.40. The quantitative estimate of drug-likeness (QED) is 0.154. The summed E-state index contributed by atoms with van der Waals surface area (Å²) in [5, 5.41) is 21.6. The fraction of sp³-hybridized carbons (Fsp3) is 0.810. The van der Waals surface area contributed by atoms with Crippen LogP contribution in [0.5, 0.6) is 5.75 Å². The largest absolute Gasteiger partial charge is 0.507 e. The van der Waals surface area contributed by atoms with Gasteiger partial charge in [-0.1, -0.05) is 60.6 Å². The molecule has 0 amide bonds. The molecule has 7 nitrogen and oxygen atoms in total. The standard InChI is InChI=1S/C42H72N2O5/c1-18-42(49-33(47)27-32(45)46,28-29-25-30(36(2,3)4)34(48)31(26-29)37(5,6)7)35(43(16)38(8,9)21-19-22-39(43,10)11)44(17)40(12,13)23-20-24-41(44,14)15/h25-26,35H,18-24,27-28H2,1-17H3/p+2. The van der Waals surface area contributed by atoms with Crippen LogP contribution in [-0.2, 0) is 31.6 Å². The van der Waals surface area contributed by atoms with E-state index in [2.05, 4.69) is 130 Å². The number of aliphatic carboxylic acids is 1. The number of carbonyl (C=O) groups excluding carboxylic acids is 1. The topological polar surface area (TPSA) is 83.8 Å². The molecule has 0 saturated carbocycles. The molecular formula is C42H74N2O5+2. The highest BCUT2D eigenvalue weighted by molar-refractivity contribution is 5.90. The molecule has 3 rings (SSSR count). The zero-order valence-corrected chi connectivity index (χ0v) is 34.6. The first-order chi connectivity index (χ1) is 21.9. The van der Waals surface area contributed by atoms with E-state index in [9.17, 15) is 19.8 Å². The summed E-state index contributed by atoms with van der Waals surface area (Å²) >= 11 is 0. The average Bonchev–Trinajstić information content (AvgIpc) is 2.89. The number of ether oxygens (including phenoxy) is 1. The van der Waals surface area contributed by atoms with E-state index in [-0.39, 0.29) is 39.2 Å². The minimum atomic E-state index is -1.18. The molecule has 2 aliphatic heterocycles. The molecule has 2 saturated heterocycles. The Bertz CT molecular complexity index is 1300. The molecule has 1 aromatic rings. The van der Waals surface area contributed by atoms with E-state index in [1.807, 2.05) is 0 Å². The van der Waals surface area contributed by atoms with Gasteiger partial charge in [0, 0.05) is 32.1 Å². The summed E-state index contributed by atoms with van der Waals surface area (Å²) in [4.78, 5) is 26.1. The van der Waals surface area contributed by atoms with E-state index >= 15 is 0 Å². The van der Waals surface area contributed by atoms with Gasteiger partial charge in [-0.05, 0) is 102 Å². The number of esters is 1. The minimum Gasteiger partial charge on any atom is -0.507 e. The zero-order valence-electron chi connectivity index (χ0n) is 34.6. The normalized spacial score (nSPS) is 23.8. The Morgan fingerprint density at radius 3 is 1.39 bits per heavy atom. The number of likely N-dealkylation sites (N-methyl/N-ethyl adjacent to an activating group) is 2. The summed E-state index contributed by atoms with van der Waals surface area (Å²) in [6.07, 6.45) is 6.37. The number of benzene rings is 1. The second kappa shape index (κ2) is 12.8. The molecule has 1 atom stereocenters. The van der Waals surface area contributed by atoms with Crippen molar-refractivity contribution >= 4 is 11.9 Å². The van der Waals surface area contributed by atoms with Gasteiger partial charge < -0.3 is 14.9 Å². The maximum absolute atomic E-state index is 14.0. The molecule has 0 spiro atoms. The Morgan fingerprint density at radius 1 is 0.755 bits per heavy atom. The number of phenols is 1. The number of hydrogen-bond donors (Lipinski definition) is 2. The average molecular weight is 687 g/mol. The van der Waals surface area contributed by atoms with Crippen molar-refractivity contribution in [3.05, 3.63) is 28.8 Å². The van der Waals surface area contributed by atoms with Crippen LogP contribution in [0.2, 0.25) is 0 Å². The Labute approximate surface area is 300 Å². The number of quaternary nitrogens is 2. The molecule has 0 radical (unpaired) electrons. The van der Waals surface area contributed by atoms with Crippen molar-refractivity contribution in [1.29, 1.82) is 0 Å². The first-order valence-electron chi connectivity index (χ1n) is 18.9. The fourth-order valence-corrected chi connectivity index (χ4v) is 10.4. The highest BCUT2D eigenvalue weighted by Gasteiger charge is 2.75. The number of hydrogen-bond acceptors (Lipinski definition) is 4. The van der Waals surface area contributed by atoms with Crippen LogP contribution in [0, 0.1) is 0 Å². The van der Waals surface area contributed by atoms with Gasteiger partial charge in [-0.3, -0.25) is 18.6 Å². The molecule has 1 aromatic carbocycles. The third-order valence-corrected chi connectivity index (χ3v) is 14.1. The van der Waals surface area contributed by atoms with Crippen LogP contribution in [0.25, 0.3) is 0 Å². The van der Waals surface area contributed by atoms with Gasteiger partial charge in [0.25, 0.3) is 6.17 Å². The zero-order chi connectivity index (χ0) is 38.0. The Balaban J connectivity index is 2.62. The smallest absolute Gasteiger partial charge is 0.318 e. The number of carbonyl (C=O) groups is 2. The maximum atomic E-state index is 14.0. The fourth-order valence-electron chi connectivity index (χ4n) is 10.4. The van der Waals surface area contributed by atoms with Crippen molar-refractivity contribution in [3.63, 3.8) is 0 Å². The van der Waals surface area contributed by atoms with Gasteiger partial charge in [0.15, 0.2) is 0 Å². The summed E-state index contributed by atoms with van der Waals surface area (Å²) in [5.41, 5.74) is 0.252. The van der Waals surface area contributed by atoms with E-state index in [0.717, 1.165) is 55.2 Å². The highest BCUT2D eigenvalue weighted by atomic mass is 16.6. The summed E-state index contributed by atoms with van der Waals surface area (Å²) in [7, 11) is 4.84. The van der Waals surface area contributed by atoms with Gasteiger partial charge in [0.05, 0.1) is 36.3 Å². The van der Waals surface area contributed by atoms with E-state index in [1.54, 1.807) is 0 Å². The lowest BCUT2D eigenvalue weighted by molar-refractivity contribution is -1.20. The Morgan fingerprint density at radius 2 is 1.10 bits per heavy atom. The van der Waals surface area contributed by atoms with Crippen LogP contribution in [0.15, 0.2) is 12.1 Å². The van der Waals surface area contributed by atoms with E-state index in [0.29, 0.717) is 27.6 Å². The molecule has 2 heterocycles. The number of nitrogens with zero attached hydrogens (tertiary/aromatic N) is 2. The molecular weight excluding hydrogens is 612 g/mol. The van der Waals surface area contributed by atoms with Gasteiger partial charge in [-0.2, -0.15) is 0 Å². The molecule has 7 heteroatoms. The first-order valence-corrected chi connectivity index (χ1v) is 18.9. The van der Waals surface area contributed by atoms with Crippen LogP contribution in [0.4, 0.5) is 0 Å². The number of carboxylic acid groups (broad SMARTS) is 1. The number of likely N-dealkylation sites (tertiary alicyclic amines) is 2. The van der Waals surface area contributed by atoms with Crippen molar-refractivity contribution in [2.45, 2.75) is 206 Å². The van der Waals surface area contributed by atoms with Crippen LogP contribution in [0.3, 0.4) is 0 Å². The second-order valence-electron chi connectivity index (χ2n) is 20.7. The van der Waals surface area contributed by atoms with Gasteiger partial charge >= 0.3 is 11.9 Å². The molecule has 0 bridgehead atoms. The molecule has 2 fully saturated rings. The molecule has 0 aliphatic carbocycles. The number of piperidine rings is 2. The van der Waals surface area contributed by atoms with Gasteiger partial charge in [0.1, 0.15) is 12.2 Å². The third kappa shape index (κ3) is 6.93. The van der Waals surface area contributed by atoms with Crippen molar-refractivity contribution in [2.24, 2.45) is 0 Å². The van der Waals surface area contributed by atoms with Crippen molar-refractivity contribution < 1.29 is 33.5 Å². The van der Waals surface area contributed by atoms with Gasteiger partial charge in [0.2, 0.25) is 5.60 Å². The SMILES string of the molecule is CCC(Cc1cc(C(C)(C)C)c(O)c(C(C)(C)C)c1)(OC(=O)CC(=O)O)C([N+]1(C)C(C)(C)CCCC1(C)C)[N+]1(C)C(C)(C)CCCC1(C)C. The van der Waals surface area contributed by atoms with E-state index < -0.39 is 24.0 Å². The van der Waals surface area contributed by atoms with Gasteiger partial charge in [-0.25, -0.2) is 0 Å². The molecule has 1 unspecified atom stereocenters. The van der Waals surface area contributed by atoms with E-state index in [4.69, 9.17) is 4.74 Å². The molecule has 2 N–H and O–H groups in total. The van der Waals surface area contributed by atoms with Crippen LogP contribution >= 0.6 is 0 Å². The Kier molecular flexibility index (Phi) is 10.8. The number of rotatable bonds is 9. The monoisotopic (exact) mass is 687 g/mol. The van der Waals surface area contributed by atoms with Crippen LogP contribution < -0.4 is 0 Å². The first kappa shape index (κ1) is 41.3. The summed E-state index contributed by atoms with van der Waals surface area (Å²) in [6.45, 7) is 34.0. The lowest BCUT2D eigenvalue weighted by Crippen LogP contribution is -2.91. The lowest BCUT2D eigenvalue weighted by atomic mass is 9.67. The van der Waals surface area contributed by atoms with Crippen LogP contribution in [-0.4, -0.2) is 79.1 Å². The summed E-state index contributed by atoms with van der Waals surface area (Å²) in [5.74, 6) is -1.55. The summed E-state index contributed by atoms with van der Waals surface area (Å²) < 4.78 is 8.29. The number of carboxylic acids is 1. The number of aromatic hydroxyl groups is 1. The second-order valence-corrected chi connectivity index (χ2v) is 20.7. The lowest BCUT2D eigenvalue weighted by Gasteiger charge is -2.73. The third-order valence-electron chi connectivity index (χ3n) is 14.1. The molecule has 49 heavy (non-hydrogen) atoms. The van der Waals surface area contributed by atoms with E-state index in [1.165, 1.54) is 0 Å². The van der Waals surface area contributed by atoms with Crippen LogP contribution in [0.1, 0.15) is 172 Å². The molecule has 0 aromatic heterocycles.